The van der Waals surface area contributed by atoms with Crippen molar-refractivity contribution in [1.82, 2.24) is 9.88 Å². The highest BCUT2D eigenvalue weighted by molar-refractivity contribution is 5.78. The van der Waals surface area contributed by atoms with Gasteiger partial charge in [-0.1, -0.05) is 11.8 Å². The second-order valence-electron chi connectivity index (χ2n) is 3.79. The number of hydrogen-bond donors (Lipinski definition) is 0. The topological polar surface area (TPSA) is 57.0 Å². The van der Waals surface area contributed by atoms with E-state index in [2.05, 4.69) is 16.8 Å². The van der Waals surface area contributed by atoms with Crippen molar-refractivity contribution in [3.63, 3.8) is 0 Å². The van der Waals surface area contributed by atoms with Crippen molar-refractivity contribution in [2.45, 2.75) is 12.8 Å². The largest absolute Gasteiger partial charge is 0.332 e. The Balaban J connectivity index is 2.01. The molecule has 1 aliphatic heterocycles. The first-order valence-electron chi connectivity index (χ1n) is 5.41. The van der Waals surface area contributed by atoms with Crippen LogP contribution in [-0.2, 0) is 4.79 Å². The number of nitriles is 1. The van der Waals surface area contributed by atoms with Crippen molar-refractivity contribution in [2.75, 3.05) is 13.1 Å². The minimum absolute atomic E-state index is 0.170. The van der Waals surface area contributed by atoms with Crippen LogP contribution in [0.25, 0.3) is 0 Å². The molecule has 0 radical (unpaired) electrons. The van der Waals surface area contributed by atoms with Gasteiger partial charge in [-0.05, 0) is 12.5 Å². The van der Waals surface area contributed by atoms with Crippen LogP contribution in [0.4, 0.5) is 0 Å². The van der Waals surface area contributed by atoms with Gasteiger partial charge in [0.2, 0.25) is 5.91 Å². The first-order valence-corrected chi connectivity index (χ1v) is 5.41. The van der Waals surface area contributed by atoms with Crippen molar-refractivity contribution < 1.29 is 4.79 Å². The van der Waals surface area contributed by atoms with Crippen molar-refractivity contribution in [3.8, 4) is 17.9 Å². The molecule has 1 amide bonds. The first kappa shape index (κ1) is 11.2. The number of rotatable bonds is 1. The van der Waals surface area contributed by atoms with Crippen molar-refractivity contribution in [2.24, 2.45) is 0 Å². The molecule has 1 fully saturated rings. The lowest BCUT2D eigenvalue weighted by molar-refractivity contribution is -0.127. The first-order chi connectivity index (χ1) is 8.29. The van der Waals surface area contributed by atoms with Gasteiger partial charge in [-0.15, -0.1) is 0 Å². The predicted octanol–water partition coefficient (Wildman–Crippen LogP) is 0.927. The number of nitrogens with zero attached hydrogens (tertiary/aromatic N) is 3. The molecule has 0 spiro atoms. The lowest BCUT2D eigenvalue weighted by Crippen LogP contribution is -2.24. The van der Waals surface area contributed by atoms with Crippen LogP contribution in [0.2, 0.25) is 0 Å². The van der Waals surface area contributed by atoms with E-state index in [0.29, 0.717) is 24.1 Å². The van der Waals surface area contributed by atoms with Gasteiger partial charge in [-0.2, -0.15) is 5.26 Å². The van der Waals surface area contributed by atoms with Gasteiger partial charge in [0.05, 0.1) is 12.1 Å². The highest BCUT2D eigenvalue weighted by Gasteiger charge is 2.18. The van der Waals surface area contributed by atoms with Crippen LogP contribution in [0.5, 0.6) is 0 Å². The Kier molecular flexibility index (Phi) is 3.37. The summed E-state index contributed by atoms with van der Waals surface area (Å²) in [6, 6.07) is 3.70. The van der Waals surface area contributed by atoms with E-state index in [1.807, 2.05) is 6.07 Å². The lowest BCUT2D eigenvalue weighted by atomic mass is 10.2. The second kappa shape index (κ2) is 5.14. The Labute approximate surface area is 99.9 Å². The van der Waals surface area contributed by atoms with Gasteiger partial charge in [0, 0.05) is 30.9 Å². The average molecular weight is 225 g/mol. The molecule has 1 aliphatic rings. The molecule has 1 saturated heterocycles. The fraction of sp³-hybridized carbons (Fsp3) is 0.308. The average Bonchev–Trinajstić information content (AvgIpc) is 2.76. The maximum absolute atomic E-state index is 11.3. The predicted molar refractivity (Wildman–Crippen MR) is 61.6 cm³/mol. The minimum atomic E-state index is 0.170. The van der Waals surface area contributed by atoms with Gasteiger partial charge >= 0.3 is 0 Å². The Hall–Kier alpha value is -2.33. The minimum Gasteiger partial charge on any atom is -0.332 e. The monoisotopic (exact) mass is 225 g/mol. The fourth-order valence-corrected chi connectivity index (χ4v) is 1.68. The summed E-state index contributed by atoms with van der Waals surface area (Å²) in [5.41, 5.74) is 1.20. The van der Waals surface area contributed by atoms with Crippen LogP contribution in [0.1, 0.15) is 24.0 Å². The molecule has 0 bridgehead atoms. The van der Waals surface area contributed by atoms with Crippen LogP contribution in [0.15, 0.2) is 18.5 Å². The standard InChI is InChI=1S/C13H11N3O/c14-8-12-7-11(9-15-10-12)3-1-5-16-6-2-4-13(16)17/h7,9-10H,2,4-6H2. The number of carbonyl (C=O) groups excluding carboxylic acids is 1. The molecule has 4 nitrogen and oxygen atoms in total. The van der Waals surface area contributed by atoms with Crippen LogP contribution in [0, 0.1) is 23.2 Å². The van der Waals surface area contributed by atoms with Gasteiger partial charge in [-0.25, -0.2) is 0 Å². The molecule has 4 heteroatoms. The third kappa shape index (κ3) is 2.83. The zero-order chi connectivity index (χ0) is 12.1. The molecular weight excluding hydrogens is 214 g/mol. The van der Waals surface area contributed by atoms with Crippen molar-refractivity contribution >= 4 is 5.91 Å². The van der Waals surface area contributed by atoms with Crippen LogP contribution in [-0.4, -0.2) is 28.9 Å². The van der Waals surface area contributed by atoms with E-state index in [-0.39, 0.29) is 5.91 Å². The number of carbonyl (C=O) groups is 1. The van der Waals surface area contributed by atoms with Gasteiger partial charge in [0.1, 0.15) is 6.07 Å². The molecule has 17 heavy (non-hydrogen) atoms. The van der Waals surface area contributed by atoms with E-state index in [9.17, 15) is 4.79 Å². The Bertz CT molecular complexity index is 534. The summed E-state index contributed by atoms with van der Waals surface area (Å²) in [5, 5.41) is 8.70. The SMILES string of the molecule is N#Cc1cncc(C#CCN2CCCC2=O)c1. The highest BCUT2D eigenvalue weighted by atomic mass is 16.2. The molecule has 0 N–H and O–H groups in total. The van der Waals surface area contributed by atoms with Crippen LogP contribution >= 0.6 is 0 Å². The molecule has 2 heterocycles. The molecule has 0 unspecified atom stereocenters. The number of hydrogen-bond acceptors (Lipinski definition) is 3. The van der Waals surface area contributed by atoms with Gasteiger partial charge < -0.3 is 4.90 Å². The molecule has 2 rings (SSSR count). The fourth-order valence-electron chi connectivity index (χ4n) is 1.68. The van der Waals surface area contributed by atoms with Gasteiger partial charge in [-0.3, -0.25) is 9.78 Å². The summed E-state index contributed by atoms with van der Waals surface area (Å²) in [7, 11) is 0. The molecule has 84 valence electrons. The highest BCUT2D eigenvalue weighted by Crippen LogP contribution is 2.08. The zero-order valence-corrected chi connectivity index (χ0v) is 9.31. The normalized spacial score (nSPS) is 14.1. The molecule has 0 atom stereocenters. The lowest BCUT2D eigenvalue weighted by Gasteiger charge is -2.09. The number of aromatic nitrogens is 1. The molecular formula is C13H11N3O. The third-order valence-corrected chi connectivity index (χ3v) is 2.54. The summed E-state index contributed by atoms with van der Waals surface area (Å²) < 4.78 is 0. The van der Waals surface area contributed by atoms with E-state index < -0.39 is 0 Å². The summed E-state index contributed by atoms with van der Waals surface area (Å²) in [6.07, 6.45) is 4.66. The third-order valence-electron chi connectivity index (χ3n) is 2.54. The number of pyridine rings is 1. The molecule has 1 aromatic rings. The molecule has 0 saturated carbocycles. The Morgan fingerprint density at radius 3 is 2.94 bits per heavy atom. The number of amides is 1. The molecule has 0 aliphatic carbocycles. The maximum Gasteiger partial charge on any atom is 0.223 e. The van der Waals surface area contributed by atoms with E-state index in [0.717, 1.165) is 13.0 Å². The van der Waals surface area contributed by atoms with Crippen LogP contribution in [0.3, 0.4) is 0 Å². The van der Waals surface area contributed by atoms with Gasteiger partial charge in [0.15, 0.2) is 0 Å². The molecule has 0 aromatic carbocycles. The van der Waals surface area contributed by atoms with E-state index >= 15 is 0 Å². The summed E-state index contributed by atoms with van der Waals surface area (Å²) in [4.78, 5) is 17.0. The van der Waals surface area contributed by atoms with E-state index in [1.165, 1.54) is 6.20 Å². The smallest absolute Gasteiger partial charge is 0.223 e. The zero-order valence-electron chi connectivity index (χ0n) is 9.31. The van der Waals surface area contributed by atoms with Crippen molar-refractivity contribution in [1.29, 1.82) is 5.26 Å². The second-order valence-corrected chi connectivity index (χ2v) is 3.79. The summed E-state index contributed by atoms with van der Waals surface area (Å²) >= 11 is 0. The number of likely N-dealkylation sites (tertiary alicyclic amines) is 1. The summed E-state index contributed by atoms with van der Waals surface area (Å²) in [6.45, 7) is 1.25. The maximum atomic E-state index is 11.3. The van der Waals surface area contributed by atoms with Crippen molar-refractivity contribution in [3.05, 3.63) is 29.6 Å². The van der Waals surface area contributed by atoms with Gasteiger partial charge in [0.25, 0.3) is 0 Å². The Morgan fingerprint density at radius 1 is 1.41 bits per heavy atom. The van der Waals surface area contributed by atoms with E-state index in [4.69, 9.17) is 5.26 Å². The molecule has 1 aromatic heterocycles. The van der Waals surface area contributed by atoms with Crippen LogP contribution < -0.4 is 0 Å². The quantitative estimate of drug-likeness (QED) is 0.668. The summed E-state index contributed by atoms with van der Waals surface area (Å²) in [5.74, 6) is 6.01. The Morgan fingerprint density at radius 2 is 2.24 bits per heavy atom. The van der Waals surface area contributed by atoms with E-state index in [1.54, 1.807) is 17.2 Å².